The van der Waals surface area contributed by atoms with Gasteiger partial charge in [-0.15, -0.1) is 0 Å². The number of rotatable bonds is 12. The van der Waals surface area contributed by atoms with Crippen molar-refractivity contribution in [3.05, 3.63) is 30.3 Å². The van der Waals surface area contributed by atoms with Gasteiger partial charge in [0.05, 0.1) is 19.8 Å². The van der Waals surface area contributed by atoms with E-state index in [1.54, 1.807) is 14.2 Å². The predicted octanol–water partition coefficient (Wildman–Crippen LogP) is 1.67. The van der Waals surface area contributed by atoms with Crippen LogP contribution < -0.4 is 15.4 Å². The van der Waals surface area contributed by atoms with Gasteiger partial charge in [0.2, 0.25) is 0 Å². The van der Waals surface area contributed by atoms with Crippen LogP contribution in [0.5, 0.6) is 5.75 Å². The SMILES string of the molecule is CN=C(NCCCOCCOC)NCCCOc1ccccc1. The average molecular weight is 323 g/mol. The Hall–Kier alpha value is -1.79. The van der Waals surface area contributed by atoms with Gasteiger partial charge in [0, 0.05) is 33.9 Å². The third-order valence-electron chi connectivity index (χ3n) is 3.04. The summed E-state index contributed by atoms with van der Waals surface area (Å²) in [4.78, 5) is 4.18. The fraction of sp³-hybridized carbons (Fsp3) is 0.588. The summed E-state index contributed by atoms with van der Waals surface area (Å²) in [5.74, 6) is 1.71. The summed E-state index contributed by atoms with van der Waals surface area (Å²) >= 11 is 0. The van der Waals surface area contributed by atoms with Crippen LogP contribution in [-0.2, 0) is 9.47 Å². The Kier molecular flexibility index (Phi) is 11.6. The minimum Gasteiger partial charge on any atom is -0.494 e. The Morgan fingerprint density at radius 1 is 0.957 bits per heavy atom. The van der Waals surface area contributed by atoms with Gasteiger partial charge in [0.25, 0.3) is 0 Å². The highest BCUT2D eigenvalue weighted by Crippen LogP contribution is 2.07. The molecular formula is C17H29N3O3. The monoisotopic (exact) mass is 323 g/mol. The molecule has 0 fully saturated rings. The van der Waals surface area contributed by atoms with Crippen LogP contribution in [0.2, 0.25) is 0 Å². The van der Waals surface area contributed by atoms with Crippen molar-refractivity contribution in [3.63, 3.8) is 0 Å². The lowest BCUT2D eigenvalue weighted by molar-refractivity contribution is 0.0698. The van der Waals surface area contributed by atoms with Gasteiger partial charge in [-0.05, 0) is 25.0 Å². The highest BCUT2D eigenvalue weighted by Gasteiger charge is 1.97. The molecule has 0 saturated carbocycles. The molecule has 6 nitrogen and oxygen atoms in total. The molecule has 6 heteroatoms. The van der Waals surface area contributed by atoms with Crippen molar-refractivity contribution in [2.45, 2.75) is 12.8 Å². The van der Waals surface area contributed by atoms with Crippen LogP contribution >= 0.6 is 0 Å². The molecule has 0 aromatic heterocycles. The molecule has 0 spiro atoms. The Bertz CT molecular complexity index is 413. The summed E-state index contributed by atoms with van der Waals surface area (Å²) in [6.07, 6.45) is 1.84. The first-order valence-electron chi connectivity index (χ1n) is 8.06. The highest BCUT2D eigenvalue weighted by molar-refractivity contribution is 5.79. The number of aliphatic imine (C=N–C) groups is 1. The molecule has 1 aromatic rings. The van der Waals surface area contributed by atoms with Crippen LogP contribution in [0.3, 0.4) is 0 Å². The van der Waals surface area contributed by atoms with Crippen molar-refractivity contribution in [1.29, 1.82) is 0 Å². The molecule has 0 amide bonds. The zero-order chi connectivity index (χ0) is 16.6. The second-order valence-electron chi connectivity index (χ2n) is 4.90. The molecule has 23 heavy (non-hydrogen) atoms. The number of ether oxygens (including phenoxy) is 3. The first-order valence-corrected chi connectivity index (χ1v) is 8.06. The van der Waals surface area contributed by atoms with Crippen LogP contribution in [0.4, 0.5) is 0 Å². The molecule has 0 radical (unpaired) electrons. The standard InChI is InChI=1S/C17H29N3O3/c1-18-17(19-10-6-12-22-15-14-21-2)20-11-7-13-23-16-8-4-3-5-9-16/h3-5,8-9H,6-7,10-15H2,1-2H3,(H2,18,19,20). The second-order valence-corrected chi connectivity index (χ2v) is 4.90. The Balaban J connectivity index is 1.97. The van der Waals surface area contributed by atoms with Gasteiger partial charge in [-0.25, -0.2) is 0 Å². The largest absolute Gasteiger partial charge is 0.494 e. The number of hydrogen-bond acceptors (Lipinski definition) is 4. The van der Waals surface area contributed by atoms with Crippen LogP contribution in [0, 0.1) is 0 Å². The lowest BCUT2D eigenvalue weighted by Gasteiger charge is -2.12. The van der Waals surface area contributed by atoms with Gasteiger partial charge < -0.3 is 24.8 Å². The van der Waals surface area contributed by atoms with Crippen molar-refractivity contribution in [2.75, 3.05) is 53.7 Å². The average Bonchev–Trinajstić information content (AvgIpc) is 2.59. The maximum absolute atomic E-state index is 5.64. The molecule has 1 aromatic carbocycles. The van der Waals surface area contributed by atoms with E-state index in [1.807, 2.05) is 30.3 Å². The van der Waals surface area contributed by atoms with Crippen molar-refractivity contribution >= 4 is 5.96 Å². The molecule has 130 valence electrons. The Labute approximate surface area is 139 Å². The van der Waals surface area contributed by atoms with E-state index in [0.717, 1.165) is 44.2 Å². The van der Waals surface area contributed by atoms with Gasteiger partial charge in [0.15, 0.2) is 5.96 Å². The van der Waals surface area contributed by atoms with Crippen molar-refractivity contribution < 1.29 is 14.2 Å². The predicted molar refractivity (Wildman–Crippen MR) is 93.2 cm³/mol. The van der Waals surface area contributed by atoms with Gasteiger partial charge in [0.1, 0.15) is 5.75 Å². The highest BCUT2D eigenvalue weighted by atomic mass is 16.5. The first kappa shape index (κ1) is 19.3. The van der Waals surface area contributed by atoms with Crippen LogP contribution in [0.1, 0.15) is 12.8 Å². The van der Waals surface area contributed by atoms with Crippen LogP contribution in [-0.4, -0.2) is 59.6 Å². The number of nitrogens with zero attached hydrogens (tertiary/aromatic N) is 1. The van der Waals surface area contributed by atoms with E-state index in [0.29, 0.717) is 19.8 Å². The smallest absolute Gasteiger partial charge is 0.190 e. The number of methoxy groups -OCH3 is 1. The molecule has 0 aliphatic carbocycles. The maximum atomic E-state index is 5.64. The number of hydrogen-bond donors (Lipinski definition) is 2. The van der Waals surface area contributed by atoms with E-state index in [9.17, 15) is 0 Å². The van der Waals surface area contributed by atoms with Gasteiger partial charge in [-0.2, -0.15) is 0 Å². The normalized spacial score (nSPS) is 11.3. The summed E-state index contributed by atoms with van der Waals surface area (Å²) in [6.45, 7) is 4.33. The number of para-hydroxylation sites is 1. The lowest BCUT2D eigenvalue weighted by Crippen LogP contribution is -2.38. The third-order valence-corrected chi connectivity index (χ3v) is 3.04. The summed E-state index contributed by atoms with van der Waals surface area (Å²) in [7, 11) is 3.44. The molecule has 0 unspecified atom stereocenters. The van der Waals surface area contributed by atoms with E-state index in [4.69, 9.17) is 14.2 Å². The molecular weight excluding hydrogens is 294 g/mol. The molecule has 0 bridgehead atoms. The van der Waals surface area contributed by atoms with Crippen LogP contribution in [0.15, 0.2) is 35.3 Å². The van der Waals surface area contributed by atoms with Gasteiger partial charge in [-0.1, -0.05) is 18.2 Å². The van der Waals surface area contributed by atoms with E-state index >= 15 is 0 Å². The summed E-state index contributed by atoms with van der Waals surface area (Å²) in [6, 6.07) is 9.84. The molecule has 0 heterocycles. The van der Waals surface area contributed by atoms with Crippen molar-refractivity contribution in [2.24, 2.45) is 4.99 Å². The molecule has 0 aliphatic heterocycles. The topological polar surface area (TPSA) is 64.1 Å². The fourth-order valence-electron chi connectivity index (χ4n) is 1.83. The second kappa shape index (κ2) is 13.8. The minimum atomic E-state index is 0.641. The zero-order valence-corrected chi connectivity index (χ0v) is 14.2. The number of guanidine groups is 1. The van der Waals surface area contributed by atoms with Crippen molar-refractivity contribution in [1.82, 2.24) is 10.6 Å². The van der Waals surface area contributed by atoms with E-state index in [2.05, 4.69) is 15.6 Å². The maximum Gasteiger partial charge on any atom is 0.190 e. The van der Waals surface area contributed by atoms with Gasteiger partial charge >= 0.3 is 0 Å². The molecule has 2 N–H and O–H groups in total. The summed E-state index contributed by atoms with van der Waals surface area (Å²) in [5, 5.41) is 6.52. The molecule has 1 rings (SSSR count). The fourth-order valence-corrected chi connectivity index (χ4v) is 1.83. The third kappa shape index (κ3) is 10.5. The van der Waals surface area contributed by atoms with E-state index < -0.39 is 0 Å². The first-order chi connectivity index (χ1) is 11.4. The van der Waals surface area contributed by atoms with Crippen molar-refractivity contribution in [3.8, 4) is 5.75 Å². The Morgan fingerprint density at radius 2 is 1.65 bits per heavy atom. The summed E-state index contributed by atoms with van der Waals surface area (Å²) in [5.41, 5.74) is 0. The quantitative estimate of drug-likeness (QED) is 0.348. The number of benzene rings is 1. The van der Waals surface area contributed by atoms with Crippen LogP contribution in [0.25, 0.3) is 0 Å². The van der Waals surface area contributed by atoms with E-state index in [-0.39, 0.29) is 0 Å². The van der Waals surface area contributed by atoms with E-state index in [1.165, 1.54) is 0 Å². The number of nitrogens with one attached hydrogen (secondary N) is 2. The zero-order valence-electron chi connectivity index (χ0n) is 14.2. The minimum absolute atomic E-state index is 0.641. The lowest BCUT2D eigenvalue weighted by atomic mass is 10.3. The molecule has 0 atom stereocenters. The van der Waals surface area contributed by atoms with Gasteiger partial charge in [-0.3, -0.25) is 4.99 Å². The summed E-state index contributed by atoms with van der Waals surface area (Å²) < 4.78 is 16.0. The molecule has 0 aliphatic rings. The Morgan fingerprint density at radius 3 is 2.30 bits per heavy atom. The molecule has 0 saturated heterocycles.